The van der Waals surface area contributed by atoms with Crippen LogP contribution < -0.4 is 61.6 Å². The molecule has 1 aliphatic heterocycles. The summed E-state index contributed by atoms with van der Waals surface area (Å²) in [4.78, 5) is 4.97. The Morgan fingerprint density at radius 3 is 2.38 bits per heavy atom. The van der Waals surface area contributed by atoms with E-state index in [4.69, 9.17) is 11.6 Å². The van der Waals surface area contributed by atoms with E-state index < -0.39 is 0 Å². The summed E-state index contributed by atoms with van der Waals surface area (Å²) in [5.74, 6) is 0.983. The van der Waals surface area contributed by atoms with E-state index in [1.165, 1.54) is 35.9 Å². The maximum absolute atomic E-state index is 14.1. The van der Waals surface area contributed by atoms with Crippen LogP contribution in [0.4, 0.5) is 21.5 Å². The Morgan fingerprint density at radius 1 is 1.05 bits per heavy atom. The van der Waals surface area contributed by atoms with Gasteiger partial charge < -0.3 is 22.5 Å². The van der Waals surface area contributed by atoms with Gasteiger partial charge in [-0.15, -0.1) is 0 Å². The topological polar surface area (TPSA) is 18.5 Å². The zero-order valence-corrected chi connectivity index (χ0v) is 27.5. The summed E-state index contributed by atoms with van der Waals surface area (Å²) in [7, 11) is 0. The molecular formula is C33H39ClFKN3-. The molecule has 0 amide bonds. The molecule has 202 valence electrons. The van der Waals surface area contributed by atoms with Gasteiger partial charge in [-0.25, -0.2) is 4.39 Å². The maximum atomic E-state index is 14.1. The van der Waals surface area contributed by atoms with Crippen LogP contribution in [0.2, 0.25) is 5.02 Å². The van der Waals surface area contributed by atoms with Gasteiger partial charge in [0.1, 0.15) is 5.82 Å². The van der Waals surface area contributed by atoms with E-state index in [1.54, 1.807) is 18.2 Å². The van der Waals surface area contributed by atoms with E-state index >= 15 is 0 Å². The second-order valence-corrected chi connectivity index (χ2v) is 11.0. The molecule has 0 spiro atoms. The predicted molar refractivity (Wildman–Crippen MR) is 160 cm³/mol. The Morgan fingerprint density at radius 2 is 1.72 bits per heavy atom. The number of nitrogens with zero attached hydrogens (tertiary/aromatic N) is 2. The molecule has 0 radical (unpaired) electrons. The van der Waals surface area contributed by atoms with E-state index in [9.17, 15) is 4.39 Å². The van der Waals surface area contributed by atoms with Crippen LogP contribution in [0.1, 0.15) is 42.4 Å². The number of benzene rings is 3. The van der Waals surface area contributed by atoms with E-state index in [1.807, 2.05) is 12.1 Å². The second kappa shape index (κ2) is 14.5. The van der Waals surface area contributed by atoms with Crippen molar-refractivity contribution in [2.24, 2.45) is 11.8 Å². The number of nitrogens with one attached hydrogen (secondary N) is 1. The molecule has 0 atom stereocenters. The van der Waals surface area contributed by atoms with Crippen LogP contribution in [-0.4, -0.2) is 24.5 Å². The van der Waals surface area contributed by atoms with Gasteiger partial charge in [0.2, 0.25) is 0 Å². The summed E-state index contributed by atoms with van der Waals surface area (Å²) in [6.45, 7) is 14.9. The maximum Gasteiger partial charge on any atom is 1.00 e. The summed E-state index contributed by atoms with van der Waals surface area (Å²) in [6, 6.07) is 19.2. The van der Waals surface area contributed by atoms with Crippen molar-refractivity contribution in [3.8, 4) is 0 Å². The minimum atomic E-state index is -0.301. The van der Waals surface area contributed by atoms with Gasteiger partial charge in [-0.1, -0.05) is 65.8 Å². The van der Waals surface area contributed by atoms with E-state index in [2.05, 4.69) is 59.8 Å². The van der Waals surface area contributed by atoms with E-state index in [0.717, 1.165) is 61.8 Å². The summed E-state index contributed by atoms with van der Waals surface area (Å²) >= 11 is 6.68. The Labute approximate surface area is 282 Å². The summed E-state index contributed by atoms with van der Waals surface area (Å²) in [6.07, 6.45) is 4.84. The van der Waals surface area contributed by atoms with Gasteiger partial charge >= 0.3 is 51.4 Å². The van der Waals surface area contributed by atoms with Crippen molar-refractivity contribution in [2.75, 3.05) is 29.9 Å². The fraction of sp³-hybridized carbons (Fsp3) is 0.333. The first-order valence-electron chi connectivity index (χ1n) is 13.3. The smallest absolute Gasteiger partial charge is 0.406 e. The Hall–Kier alpha value is -1.31. The fourth-order valence-corrected chi connectivity index (χ4v) is 5.52. The van der Waals surface area contributed by atoms with Crippen molar-refractivity contribution in [3.63, 3.8) is 0 Å². The van der Waals surface area contributed by atoms with Crippen molar-refractivity contribution in [1.82, 2.24) is 4.90 Å². The summed E-state index contributed by atoms with van der Waals surface area (Å²) in [5.41, 5.74) is 6.88. The van der Waals surface area contributed by atoms with Gasteiger partial charge in [-0.2, -0.15) is 18.6 Å². The number of rotatable bonds is 9. The molecular weight excluding hydrogens is 532 g/mol. The quantitative estimate of drug-likeness (QED) is 0.259. The number of likely N-dealkylation sites (tertiary alicyclic amines) is 1. The van der Waals surface area contributed by atoms with E-state index in [-0.39, 0.29) is 64.6 Å². The molecule has 1 aliphatic carbocycles. The van der Waals surface area contributed by atoms with Crippen molar-refractivity contribution < 1.29 is 55.8 Å². The van der Waals surface area contributed by atoms with Gasteiger partial charge in [0, 0.05) is 35.4 Å². The van der Waals surface area contributed by atoms with Crippen molar-refractivity contribution in [2.45, 2.75) is 39.2 Å². The van der Waals surface area contributed by atoms with Crippen molar-refractivity contribution in [3.05, 3.63) is 115 Å². The third-order valence-corrected chi connectivity index (χ3v) is 8.11. The van der Waals surface area contributed by atoms with Gasteiger partial charge in [0.05, 0.1) is 5.69 Å². The molecule has 2 aliphatic rings. The van der Waals surface area contributed by atoms with Crippen LogP contribution in [0.15, 0.2) is 72.9 Å². The third kappa shape index (κ3) is 8.13. The summed E-state index contributed by atoms with van der Waals surface area (Å²) in [5, 5.41) is 3.80. The van der Waals surface area contributed by atoms with Crippen LogP contribution in [0, 0.1) is 38.9 Å². The first kappa shape index (κ1) is 32.2. The minimum absolute atomic E-state index is 0. The number of halogens is 2. The largest absolute Gasteiger partial charge is 1.00 e. The minimum Gasteiger partial charge on any atom is -0.406 e. The van der Waals surface area contributed by atoms with Crippen LogP contribution >= 0.6 is 11.6 Å². The molecule has 3 aromatic rings. The summed E-state index contributed by atoms with van der Waals surface area (Å²) < 4.78 is 14.1. The molecule has 1 saturated heterocycles. The standard InChI is InChI=1S/C32H36ClFN3.CH3.K/c1-22-8-4-7-11-32(22)37(20-25-12-13-25)24(3)26-14-16-36(17-15-26)21-27-18-23(2)31(19-28(27)33)35-30-10-6-5-9-29(30)34;;/h4-11,18-19,25-26,35H,2-3,12-17,20-21H2,1H3;1H3;/q2*-1;+1. The molecule has 0 aromatic heterocycles. The molecule has 3 nitrogen and oxygen atoms in total. The first-order valence-corrected chi connectivity index (χ1v) is 13.7. The van der Waals surface area contributed by atoms with Crippen LogP contribution in [0.5, 0.6) is 0 Å². The average molecular weight is 571 g/mol. The molecule has 5 rings (SSSR count). The monoisotopic (exact) mass is 570 g/mol. The number of piperidine rings is 1. The van der Waals surface area contributed by atoms with Gasteiger partial charge in [-0.3, -0.25) is 0 Å². The SMILES string of the molecule is C=C(C1CCN(Cc2cc([CH2-])c(Nc3ccccc3F)cc2Cl)CC1)N(CC1CC1)c1ccccc1C.[CH3-].[K+]. The molecule has 6 heteroatoms. The van der Waals surface area contributed by atoms with Gasteiger partial charge in [0.15, 0.2) is 0 Å². The number of anilines is 3. The molecule has 0 bridgehead atoms. The third-order valence-electron chi connectivity index (χ3n) is 7.76. The van der Waals surface area contributed by atoms with Gasteiger partial charge in [0.25, 0.3) is 0 Å². The van der Waals surface area contributed by atoms with Crippen LogP contribution in [0.25, 0.3) is 0 Å². The number of hydrogen-bond donors (Lipinski definition) is 1. The van der Waals surface area contributed by atoms with Crippen molar-refractivity contribution >= 4 is 28.7 Å². The normalized spacial score (nSPS) is 15.7. The van der Waals surface area contributed by atoms with Crippen molar-refractivity contribution in [1.29, 1.82) is 0 Å². The number of hydrogen-bond acceptors (Lipinski definition) is 3. The van der Waals surface area contributed by atoms with E-state index in [0.29, 0.717) is 16.6 Å². The molecule has 1 heterocycles. The second-order valence-electron chi connectivity index (χ2n) is 10.6. The zero-order chi connectivity index (χ0) is 25.9. The van der Waals surface area contributed by atoms with Crippen LogP contribution in [-0.2, 0) is 6.54 Å². The Bertz CT molecular complexity index is 1270. The molecule has 1 N–H and O–H groups in total. The molecule has 0 unspecified atom stereocenters. The van der Waals surface area contributed by atoms with Crippen LogP contribution in [0.3, 0.4) is 0 Å². The Balaban J connectivity index is 0.00000210. The zero-order valence-electron chi connectivity index (χ0n) is 23.6. The number of allylic oxidation sites excluding steroid dienone is 1. The fourth-order valence-electron chi connectivity index (χ4n) is 5.30. The Kier molecular flexibility index (Phi) is 12.0. The first-order chi connectivity index (χ1) is 17.9. The predicted octanol–water partition coefficient (Wildman–Crippen LogP) is 5.81. The molecule has 39 heavy (non-hydrogen) atoms. The molecule has 1 saturated carbocycles. The number of aryl methyl sites for hydroxylation is 1. The molecule has 2 fully saturated rings. The molecule has 3 aromatic carbocycles. The van der Waals surface area contributed by atoms with Gasteiger partial charge in [-0.05, 0) is 75.4 Å². The average Bonchev–Trinajstić information content (AvgIpc) is 3.72. The number of para-hydroxylation sites is 2.